The molecule has 150 valence electrons. The molecular weight excluding hydrogens is 391 g/mol. The molecule has 5 rings (SSSR count). The Morgan fingerprint density at radius 3 is 1.17 bits per heavy atom. The van der Waals surface area contributed by atoms with Crippen LogP contribution >= 0.6 is 7.41 Å². The van der Waals surface area contributed by atoms with Crippen molar-refractivity contribution in [2.24, 2.45) is 0 Å². The normalized spacial score (nSPS) is 11.4. The Morgan fingerprint density at radius 1 is 0.533 bits per heavy atom. The van der Waals surface area contributed by atoms with E-state index >= 15 is 0 Å². The van der Waals surface area contributed by atoms with Crippen molar-refractivity contribution in [2.45, 2.75) is 41.5 Å². The zero-order valence-electron chi connectivity index (χ0n) is 18.1. The molecule has 0 radical (unpaired) electrons. The Balaban J connectivity index is 2.55. The molecule has 0 atom stereocenters. The van der Waals surface area contributed by atoms with E-state index in [0.29, 0.717) is 10.8 Å². The molecule has 2 aromatic heterocycles. The summed E-state index contributed by atoms with van der Waals surface area (Å²) in [5.74, 6) is 0. The van der Waals surface area contributed by atoms with Crippen molar-refractivity contribution in [2.75, 3.05) is 0 Å². The zero-order valence-corrected chi connectivity index (χ0v) is 19.0. The highest BCUT2D eigenvalue weighted by Crippen LogP contribution is 2.30. The molecule has 3 aromatic carbocycles. The maximum atomic E-state index is 13.3. The fraction of sp³-hybridized carbons (Fsp3) is 0.231. The highest BCUT2D eigenvalue weighted by atomic mass is 31.1. The van der Waals surface area contributed by atoms with Crippen LogP contribution in [-0.4, -0.2) is 0 Å². The van der Waals surface area contributed by atoms with Gasteiger partial charge in [0.05, 0.1) is 10.8 Å². The summed E-state index contributed by atoms with van der Waals surface area (Å²) in [6.45, 7) is 11.5. The second kappa shape index (κ2) is 7.11. The van der Waals surface area contributed by atoms with Crippen molar-refractivity contribution in [3.8, 4) is 0 Å². The zero-order chi connectivity index (χ0) is 21.9. The first kappa shape index (κ1) is 20.4. The predicted octanol–water partition coefficient (Wildman–Crippen LogP) is 6.46. The van der Waals surface area contributed by atoms with Gasteiger partial charge in [0.1, 0.15) is 0 Å². The molecule has 2 heterocycles. The average Bonchev–Trinajstić information content (AvgIpc) is 2.67. The van der Waals surface area contributed by atoms with Gasteiger partial charge in [0.2, 0.25) is 0 Å². The molecule has 0 spiro atoms. The molecule has 0 aliphatic rings. The van der Waals surface area contributed by atoms with Crippen molar-refractivity contribution >= 4 is 39.7 Å². The SMILES string of the molecule is Cc1cc(C)c2c(C)c1c(=O)[p+](=O)c(=O)c1c(C)cc(C)c(c1C)c1ccc2cc1. The number of benzene rings is 3. The van der Waals surface area contributed by atoms with Gasteiger partial charge in [-0.25, -0.2) is 9.59 Å². The Hall–Kier alpha value is -2.90. The van der Waals surface area contributed by atoms with Crippen molar-refractivity contribution in [1.82, 2.24) is 0 Å². The van der Waals surface area contributed by atoms with Crippen molar-refractivity contribution in [3.63, 3.8) is 0 Å². The molecule has 0 unspecified atom stereocenters. The number of aryl methyl sites for hydroxylation is 6. The lowest BCUT2D eigenvalue weighted by Gasteiger charge is -2.09. The van der Waals surface area contributed by atoms with Crippen LogP contribution in [0.5, 0.6) is 0 Å². The van der Waals surface area contributed by atoms with Gasteiger partial charge in [-0.1, -0.05) is 41.0 Å². The van der Waals surface area contributed by atoms with Crippen LogP contribution in [0.4, 0.5) is 0 Å². The van der Waals surface area contributed by atoms with Crippen LogP contribution in [0.2, 0.25) is 0 Å². The molecule has 0 N–H and O–H groups in total. The summed E-state index contributed by atoms with van der Waals surface area (Å²) in [4.78, 5) is 26.6. The highest BCUT2D eigenvalue weighted by molar-refractivity contribution is 7.34. The third kappa shape index (κ3) is 2.88. The van der Waals surface area contributed by atoms with E-state index in [0.717, 1.165) is 54.9 Å². The average molecular weight is 415 g/mol. The Kier molecular flexibility index (Phi) is 4.83. The van der Waals surface area contributed by atoms with Crippen LogP contribution in [0.15, 0.2) is 46.0 Å². The standard InChI is InChI=1S/C26H24O3P/c1-13-11-15(3)23-17(5)21(13)19-7-9-20(10-8-19)22-14(2)12-16(4)24(18(22)6)26(28)30(29)25(23)27/h7-12H,1-6H3/q+1. The molecule has 0 saturated carbocycles. The third-order valence-electron chi connectivity index (χ3n) is 6.20. The molecule has 0 saturated heterocycles. The molecule has 6 bridgehead atoms. The molecule has 0 aliphatic carbocycles. The quantitative estimate of drug-likeness (QED) is 0.331. The van der Waals surface area contributed by atoms with E-state index < -0.39 is 17.7 Å². The molecule has 0 fully saturated rings. The van der Waals surface area contributed by atoms with Gasteiger partial charge >= 0.3 is 17.7 Å². The van der Waals surface area contributed by atoms with Crippen LogP contribution in [-0.2, 0) is 4.57 Å². The van der Waals surface area contributed by atoms with Gasteiger partial charge in [-0.05, 0) is 96.5 Å². The van der Waals surface area contributed by atoms with Crippen LogP contribution in [0.3, 0.4) is 0 Å². The maximum absolute atomic E-state index is 13.3. The van der Waals surface area contributed by atoms with E-state index in [2.05, 4.69) is 24.3 Å². The van der Waals surface area contributed by atoms with E-state index in [1.54, 1.807) is 0 Å². The maximum Gasteiger partial charge on any atom is 0.501 e. The number of rotatable bonds is 0. The fourth-order valence-electron chi connectivity index (χ4n) is 5.02. The lowest BCUT2D eigenvalue weighted by molar-refractivity contribution is 0.599. The summed E-state index contributed by atoms with van der Waals surface area (Å²) in [5.41, 5.74) is 5.15. The molecular formula is C26H24O3P+. The summed E-state index contributed by atoms with van der Waals surface area (Å²) in [6, 6.07) is 12.1. The minimum atomic E-state index is -2.75. The molecule has 0 aliphatic heterocycles. The summed E-state index contributed by atoms with van der Waals surface area (Å²) < 4.78 is 13.2. The van der Waals surface area contributed by atoms with Gasteiger partial charge in [-0.2, -0.15) is 0 Å². The smallest absolute Gasteiger partial charge is 0.234 e. The lowest BCUT2D eigenvalue weighted by Crippen LogP contribution is -2.06. The molecule has 5 aromatic rings. The summed E-state index contributed by atoms with van der Waals surface area (Å²) in [7, 11) is -2.75. The monoisotopic (exact) mass is 415 g/mol. The minimum absolute atomic E-state index is 0.399. The van der Waals surface area contributed by atoms with Gasteiger partial charge < -0.3 is 0 Å². The lowest BCUT2D eigenvalue weighted by atomic mass is 9.94. The molecule has 0 amide bonds. The fourth-order valence-corrected chi connectivity index (χ4v) is 6.30. The first-order valence-corrected chi connectivity index (χ1v) is 11.3. The van der Waals surface area contributed by atoms with Crippen molar-refractivity contribution in [1.29, 1.82) is 0 Å². The predicted molar refractivity (Wildman–Crippen MR) is 128 cm³/mol. The largest absolute Gasteiger partial charge is 0.501 e. The van der Waals surface area contributed by atoms with Gasteiger partial charge in [0.15, 0.2) is 0 Å². The number of fused-ring (bicyclic) bond motifs is 4. The summed E-state index contributed by atoms with van der Waals surface area (Å²) in [5, 5.41) is 3.57. The van der Waals surface area contributed by atoms with E-state index in [-0.39, 0.29) is 0 Å². The second-order valence-corrected chi connectivity index (χ2v) is 9.65. The van der Waals surface area contributed by atoms with Gasteiger partial charge in [-0.3, -0.25) is 0 Å². The summed E-state index contributed by atoms with van der Waals surface area (Å²) in [6.07, 6.45) is 0. The van der Waals surface area contributed by atoms with Crippen molar-refractivity contribution in [3.05, 3.63) is 89.7 Å². The van der Waals surface area contributed by atoms with Crippen molar-refractivity contribution < 1.29 is 4.57 Å². The van der Waals surface area contributed by atoms with Crippen LogP contribution in [0.25, 0.3) is 32.3 Å². The summed E-state index contributed by atoms with van der Waals surface area (Å²) >= 11 is 0. The molecule has 3 nitrogen and oxygen atoms in total. The molecule has 30 heavy (non-hydrogen) atoms. The van der Waals surface area contributed by atoms with E-state index in [1.807, 2.05) is 53.7 Å². The van der Waals surface area contributed by atoms with E-state index in [4.69, 9.17) is 0 Å². The first-order valence-electron chi connectivity index (χ1n) is 10.0. The highest BCUT2D eigenvalue weighted by Gasteiger charge is 2.21. The minimum Gasteiger partial charge on any atom is -0.234 e. The van der Waals surface area contributed by atoms with Gasteiger partial charge in [0.25, 0.3) is 0 Å². The third-order valence-corrected chi connectivity index (χ3v) is 7.39. The molecule has 4 heteroatoms. The Labute approximate surface area is 175 Å². The van der Waals surface area contributed by atoms with E-state index in [9.17, 15) is 14.2 Å². The Morgan fingerprint density at radius 2 is 0.833 bits per heavy atom. The van der Waals surface area contributed by atoms with Crippen LogP contribution in [0.1, 0.15) is 33.4 Å². The van der Waals surface area contributed by atoms with Crippen LogP contribution < -0.4 is 10.3 Å². The van der Waals surface area contributed by atoms with Gasteiger partial charge in [0, 0.05) is 0 Å². The topological polar surface area (TPSA) is 51.2 Å². The van der Waals surface area contributed by atoms with Gasteiger partial charge in [-0.15, -0.1) is 0 Å². The first-order chi connectivity index (χ1) is 14.1. The number of hydrogen-bond acceptors (Lipinski definition) is 3. The number of hydrogen-bond donors (Lipinski definition) is 0. The van der Waals surface area contributed by atoms with Crippen LogP contribution in [0, 0.1) is 41.5 Å². The van der Waals surface area contributed by atoms with E-state index in [1.165, 1.54) is 0 Å². The Bertz CT molecular complexity index is 1460. The second-order valence-electron chi connectivity index (χ2n) is 8.25.